The number of aryl methyl sites for hydroxylation is 2. The molecule has 22 heavy (non-hydrogen) atoms. The molecule has 0 bridgehead atoms. The maximum Gasteiger partial charge on any atom is 0.319 e. The van der Waals surface area contributed by atoms with Crippen molar-refractivity contribution in [2.24, 2.45) is 7.05 Å². The number of pyridine rings is 1. The Morgan fingerprint density at radius 2 is 2.18 bits per heavy atom. The molecule has 1 atom stereocenters. The first-order chi connectivity index (χ1) is 10.4. The van der Waals surface area contributed by atoms with Crippen LogP contribution in [0.1, 0.15) is 36.3 Å². The van der Waals surface area contributed by atoms with Crippen molar-refractivity contribution in [3.8, 4) is 0 Å². The van der Waals surface area contributed by atoms with E-state index in [4.69, 9.17) is 11.6 Å². The van der Waals surface area contributed by atoms with Gasteiger partial charge in [0.2, 0.25) is 0 Å². The van der Waals surface area contributed by atoms with Gasteiger partial charge in [0.25, 0.3) is 0 Å². The molecular weight excluding hydrogens is 302 g/mol. The number of nitrogens with zero attached hydrogens (tertiary/aromatic N) is 3. The molecule has 6 nitrogen and oxygen atoms in total. The molecule has 7 heteroatoms. The summed E-state index contributed by atoms with van der Waals surface area (Å²) in [7, 11) is 1.90. The molecule has 2 rings (SSSR count). The Kier molecular flexibility index (Phi) is 5.03. The van der Waals surface area contributed by atoms with Crippen LogP contribution >= 0.6 is 11.6 Å². The van der Waals surface area contributed by atoms with E-state index in [1.807, 2.05) is 32.5 Å². The SMILES string of the molecule is CCC(NC(=O)Nc1cccnc1Cl)c1c(C)nn(C)c1C. The monoisotopic (exact) mass is 321 g/mol. The van der Waals surface area contributed by atoms with Crippen LogP contribution in [0.5, 0.6) is 0 Å². The third-order valence-electron chi connectivity index (χ3n) is 3.63. The average molecular weight is 322 g/mol. The lowest BCUT2D eigenvalue weighted by Crippen LogP contribution is -2.33. The highest BCUT2D eigenvalue weighted by Gasteiger charge is 2.20. The predicted molar refractivity (Wildman–Crippen MR) is 87.1 cm³/mol. The minimum absolute atomic E-state index is 0.107. The summed E-state index contributed by atoms with van der Waals surface area (Å²) in [4.78, 5) is 16.1. The lowest BCUT2D eigenvalue weighted by Gasteiger charge is -2.18. The van der Waals surface area contributed by atoms with Crippen LogP contribution in [0.25, 0.3) is 0 Å². The highest BCUT2D eigenvalue weighted by Crippen LogP contribution is 2.24. The van der Waals surface area contributed by atoms with Crippen molar-refractivity contribution in [2.45, 2.75) is 33.2 Å². The summed E-state index contributed by atoms with van der Waals surface area (Å²) in [6.45, 7) is 5.96. The molecule has 0 radical (unpaired) electrons. The minimum Gasteiger partial charge on any atom is -0.331 e. The molecule has 0 aliphatic rings. The first-order valence-corrected chi connectivity index (χ1v) is 7.50. The summed E-state index contributed by atoms with van der Waals surface area (Å²) in [5.41, 5.74) is 3.50. The van der Waals surface area contributed by atoms with Gasteiger partial charge in [-0.05, 0) is 32.4 Å². The van der Waals surface area contributed by atoms with Gasteiger partial charge in [-0.15, -0.1) is 0 Å². The Morgan fingerprint density at radius 1 is 1.45 bits per heavy atom. The molecule has 2 heterocycles. The number of anilines is 1. The standard InChI is InChI=1S/C15H20ClN5O/c1-5-11(13-9(2)20-21(4)10(13)3)18-15(22)19-12-7-6-8-17-14(12)16/h6-8,11H,5H2,1-4H3,(H2,18,19,22). The minimum atomic E-state index is -0.315. The molecule has 0 fully saturated rings. The number of halogens is 1. The number of aromatic nitrogens is 3. The van der Waals surface area contributed by atoms with Gasteiger partial charge < -0.3 is 10.6 Å². The van der Waals surface area contributed by atoms with E-state index >= 15 is 0 Å². The van der Waals surface area contributed by atoms with Crippen molar-refractivity contribution in [1.29, 1.82) is 0 Å². The van der Waals surface area contributed by atoms with E-state index in [-0.39, 0.29) is 17.2 Å². The lowest BCUT2D eigenvalue weighted by atomic mass is 10.0. The van der Waals surface area contributed by atoms with Crippen molar-refractivity contribution in [1.82, 2.24) is 20.1 Å². The fourth-order valence-electron chi connectivity index (χ4n) is 2.47. The molecule has 2 aromatic rings. The van der Waals surface area contributed by atoms with Gasteiger partial charge in [0.15, 0.2) is 5.15 Å². The van der Waals surface area contributed by atoms with Crippen LogP contribution in [-0.4, -0.2) is 20.8 Å². The van der Waals surface area contributed by atoms with E-state index in [1.54, 1.807) is 18.3 Å². The molecule has 118 valence electrons. The number of carbonyl (C=O) groups is 1. The van der Waals surface area contributed by atoms with Crippen molar-refractivity contribution >= 4 is 23.3 Å². The number of hydrogen-bond acceptors (Lipinski definition) is 3. The summed E-state index contributed by atoms with van der Waals surface area (Å²) < 4.78 is 1.82. The quantitative estimate of drug-likeness (QED) is 0.848. The van der Waals surface area contributed by atoms with Crippen LogP contribution in [0.4, 0.5) is 10.5 Å². The van der Waals surface area contributed by atoms with Gasteiger partial charge in [-0.3, -0.25) is 4.68 Å². The van der Waals surface area contributed by atoms with Crippen LogP contribution in [0.3, 0.4) is 0 Å². The summed E-state index contributed by atoms with van der Waals surface area (Å²) in [6.07, 6.45) is 2.34. The van der Waals surface area contributed by atoms with E-state index in [0.717, 1.165) is 23.4 Å². The van der Waals surface area contributed by atoms with Gasteiger partial charge in [0.05, 0.1) is 17.4 Å². The van der Waals surface area contributed by atoms with Crippen LogP contribution in [-0.2, 0) is 7.05 Å². The maximum atomic E-state index is 12.2. The van der Waals surface area contributed by atoms with Crippen molar-refractivity contribution in [3.63, 3.8) is 0 Å². The Hall–Kier alpha value is -2.08. The van der Waals surface area contributed by atoms with Crippen LogP contribution < -0.4 is 10.6 Å². The highest BCUT2D eigenvalue weighted by atomic mass is 35.5. The summed E-state index contributed by atoms with van der Waals surface area (Å²) in [5.74, 6) is 0. The zero-order valence-corrected chi connectivity index (χ0v) is 13.9. The maximum absolute atomic E-state index is 12.2. The second kappa shape index (κ2) is 6.79. The van der Waals surface area contributed by atoms with E-state index < -0.39 is 0 Å². The molecule has 0 spiro atoms. The smallest absolute Gasteiger partial charge is 0.319 e. The van der Waals surface area contributed by atoms with Gasteiger partial charge in [0, 0.05) is 24.5 Å². The number of nitrogens with one attached hydrogen (secondary N) is 2. The highest BCUT2D eigenvalue weighted by molar-refractivity contribution is 6.32. The van der Waals surface area contributed by atoms with Gasteiger partial charge >= 0.3 is 6.03 Å². The van der Waals surface area contributed by atoms with Crippen LogP contribution in [0.15, 0.2) is 18.3 Å². The molecule has 0 aliphatic heterocycles. The van der Waals surface area contributed by atoms with Crippen molar-refractivity contribution in [2.75, 3.05) is 5.32 Å². The van der Waals surface area contributed by atoms with Crippen molar-refractivity contribution < 1.29 is 4.79 Å². The van der Waals surface area contributed by atoms with E-state index in [9.17, 15) is 4.79 Å². The van der Waals surface area contributed by atoms with Gasteiger partial charge in [-0.2, -0.15) is 5.10 Å². The Balaban J connectivity index is 2.13. The molecule has 0 aromatic carbocycles. The van der Waals surface area contributed by atoms with Gasteiger partial charge in [-0.1, -0.05) is 18.5 Å². The molecule has 2 aromatic heterocycles. The summed E-state index contributed by atoms with van der Waals surface area (Å²) >= 11 is 5.94. The van der Waals surface area contributed by atoms with E-state index in [2.05, 4.69) is 20.7 Å². The fraction of sp³-hybridized carbons (Fsp3) is 0.400. The molecule has 0 saturated heterocycles. The molecular formula is C15H20ClN5O. The fourth-order valence-corrected chi connectivity index (χ4v) is 2.64. The first-order valence-electron chi connectivity index (χ1n) is 7.12. The number of carbonyl (C=O) groups excluding carboxylic acids is 1. The van der Waals surface area contributed by atoms with Crippen molar-refractivity contribution in [3.05, 3.63) is 40.4 Å². The molecule has 0 aliphatic carbocycles. The summed E-state index contributed by atoms with van der Waals surface area (Å²) in [6, 6.07) is 3.00. The topological polar surface area (TPSA) is 71.8 Å². The molecule has 1 unspecified atom stereocenters. The molecule has 2 N–H and O–H groups in total. The zero-order valence-electron chi connectivity index (χ0n) is 13.1. The molecule has 2 amide bonds. The number of urea groups is 1. The third-order valence-corrected chi connectivity index (χ3v) is 3.94. The zero-order chi connectivity index (χ0) is 16.3. The van der Waals surface area contributed by atoms with Gasteiger partial charge in [-0.25, -0.2) is 9.78 Å². The van der Waals surface area contributed by atoms with Crippen LogP contribution in [0, 0.1) is 13.8 Å². The second-order valence-electron chi connectivity index (χ2n) is 5.11. The Morgan fingerprint density at radius 3 is 2.73 bits per heavy atom. The number of rotatable bonds is 4. The predicted octanol–water partition coefficient (Wildman–Crippen LogP) is 3.36. The third kappa shape index (κ3) is 3.39. The normalized spacial score (nSPS) is 12.0. The van der Waals surface area contributed by atoms with Gasteiger partial charge in [0.1, 0.15) is 0 Å². The second-order valence-corrected chi connectivity index (χ2v) is 5.47. The van der Waals surface area contributed by atoms with E-state index in [0.29, 0.717) is 5.69 Å². The van der Waals surface area contributed by atoms with Crippen LogP contribution in [0.2, 0.25) is 5.15 Å². The average Bonchev–Trinajstić information content (AvgIpc) is 2.72. The number of hydrogen-bond donors (Lipinski definition) is 2. The van der Waals surface area contributed by atoms with E-state index in [1.165, 1.54) is 0 Å². The number of amides is 2. The largest absolute Gasteiger partial charge is 0.331 e. The lowest BCUT2D eigenvalue weighted by molar-refractivity contribution is 0.248. The Bertz CT molecular complexity index is 683. The molecule has 0 saturated carbocycles. The summed E-state index contributed by atoms with van der Waals surface area (Å²) in [5, 5.41) is 10.3. The Labute approximate surface area is 134 Å². The first kappa shape index (κ1) is 16.3.